The van der Waals surface area contributed by atoms with Crippen molar-refractivity contribution < 1.29 is 9.53 Å². The third-order valence-corrected chi connectivity index (χ3v) is 6.06. The number of hydrogen-bond donors (Lipinski definition) is 0. The van der Waals surface area contributed by atoms with Crippen molar-refractivity contribution in [2.45, 2.75) is 58.6 Å². The zero-order chi connectivity index (χ0) is 25.8. The van der Waals surface area contributed by atoms with Crippen LogP contribution in [-0.2, 0) is 4.74 Å². The summed E-state index contributed by atoms with van der Waals surface area (Å²) in [6, 6.07) is 6.86. The van der Waals surface area contributed by atoms with E-state index in [2.05, 4.69) is 11.7 Å². The SMILES string of the molecule is C=N/C=C(/Cl)C/C(=C\C)c1nn(C2CCN(C(=O)OC(C)(C)C)CC2)c(=O)n1-c1ccc(Cl)cc1. The van der Waals surface area contributed by atoms with Crippen molar-refractivity contribution in [3.05, 3.63) is 62.9 Å². The van der Waals surface area contributed by atoms with Crippen LogP contribution in [0, 0.1) is 0 Å². The first kappa shape index (κ1) is 26.8. The van der Waals surface area contributed by atoms with Crippen LogP contribution in [0.1, 0.15) is 58.8 Å². The molecule has 2 heterocycles. The fraction of sp³-hybridized carbons (Fsp3) is 0.440. The summed E-state index contributed by atoms with van der Waals surface area (Å²) in [5.74, 6) is 0.491. The van der Waals surface area contributed by atoms with Gasteiger partial charge in [0, 0.05) is 35.8 Å². The van der Waals surface area contributed by atoms with Crippen molar-refractivity contribution in [2.24, 2.45) is 4.99 Å². The monoisotopic (exact) mass is 519 g/mol. The number of allylic oxidation sites excluding steroid dienone is 3. The molecule has 0 N–H and O–H groups in total. The van der Waals surface area contributed by atoms with Crippen LogP contribution in [0.5, 0.6) is 0 Å². The van der Waals surface area contributed by atoms with Gasteiger partial charge in [-0.1, -0.05) is 29.3 Å². The van der Waals surface area contributed by atoms with E-state index in [1.165, 1.54) is 10.9 Å². The summed E-state index contributed by atoms with van der Waals surface area (Å²) in [6.07, 6.45) is 4.52. The fourth-order valence-electron chi connectivity index (χ4n) is 3.91. The summed E-state index contributed by atoms with van der Waals surface area (Å²) in [7, 11) is 0. The third-order valence-electron chi connectivity index (χ3n) is 5.57. The quantitative estimate of drug-likeness (QED) is 0.449. The lowest BCUT2D eigenvalue weighted by Gasteiger charge is -2.33. The lowest BCUT2D eigenvalue weighted by atomic mass is 10.1. The molecular formula is C25H31Cl2N5O3. The Morgan fingerprint density at radius 1 is 1.26 bits per heavy atom. The zero-order valence-electron chi connectivity index (χ0n) is 20.5. The van der Waals surface area contributed by atoms with E-state index in [9.17, 15) is 9.59 Å². The smallest absolute Gasteiger partial charge is 0.410 e. The molecule has 2 aromatic rings. The Balaban J connectivity index is 1.95. The van der Waals surface area contributed by atoms with E-state index in [0.29, 0.717) is 53.9 Å². The molecule has 1 fully saturated rings. The number of likely N-dealkylation sites (tertiary alicyclic amines) is 1. The number of aliphatic imine (C=N–C) groups is 1. The number of halogens is 2. The number of aromatic nitrogens is 3. The van der Waals surface area contributed by atoms with Gasteiger partial charge in [-0.15, -0.1) is 5.10 Å². The van der Waals surface area contributed by atoms with Gasteiger partial charge in [-0.2, -0.15) is 0 Å². The summed E-state index contributed by atoms with van der Waals surface area (Å²) >= 11 is 12.4. The van der Waals surface area contributed by atoms with Crippen LogP contribution in [0.2, 0.25) is 5.02 Å². The van der Waals surface area contributed by atoms with E-state index in [-0.39, 0.29) is 17.8 Å². The molecule has 1 saturated heterocycles. The van der Waals surface area contributed by atoms with Gasteiger partial charge >= 0.3 is 11.8 Å². The number of rotatable bonds is 6. The van der Waals surface area contributed by atoms with Crippen LogP contribution < -0.4 is 5.69 Å². The first-order valence-electron chi connectivity index (χ1n) is 11.5. The number of nitrogens with zero attached hydrogens (tertiary/aromatic N) is 5. The molecule has 1 amide bonds. The Bertz CT molecular complexity index is 1180. The number of carbonyl (C=O) groups is 1. The number of benzene rings is 1. The number of ether oxygens (including phenoxy) is 1. The van der Waals surface area contributed by atoms with Crippen LogP contribution in [0.25, 0.3) is 11.3 Å². The molecule has 1 aromatic heterocycles. The Morgan fingerprint density at radius 3 is 2.43 bits per heavy atom. The molecule has 0 unspecified atom stereocenters. The maximum Gasteiger partial charge on any atom is 0.410 e. The predicted octanol–water partition coefficient (Wildman–Crippen LogP) is 5.83. The minimum absolute atomic E-state index is 0.160. The number of amides is 1. The largest absolute Gasteiger partial charge is 0.444 e. The van der Waals surface area contributed by atoms with Crippen molar-refractivity contribution >= 4 is 41.6 Å². The predicted molar refractivity (Wildman–Crippen MR) is 141 cm³/mol. The van der Waals surface area contributed by atoms with Gasteiger partial charge in [-0.25, -0.2) is 18.8 Å². The molecule has 1 aliphatic rings. The first-order valence-corrected chi connectivity index (χ1v) is 12.2. The Hall–Kier alpha value is -2.84. The van der Waals surface area contributed by atoms with Crippen LogP contribution >= 0.6 is 23.2 Å². The molecule has 1 aromatic carbocycles. The lowest BCUT2D eigenvalue weighted by molar-refractivity contribution is 0.0183. The topological polar surface area (TPSA) is 81.7 Å². The highest BCUT2D eigenvalue weighted by molar-refractivity contribution is 6.30. The zero-order valence-corrected chi connectivity index (χ0v) is 22.0. The van der Waals surface area contributed by atoms with E-state index in [1.807, 2.05) is 33.8 Å². The molecule has 10 heteroatoms. The lowest BCUT2D eigenvalue weighted by Crippen LogP contribution is -2.43. The summed E-state index contributed by atoms with van der Waals surface area (Å²) in [5.41, 5.74) is 0.594. The van der Waals surface area contributed by atoms with Crippen LogP contribution in [-0.4, -0.2) is 50.7 Å². The van der Waals surface area contributed by atoms with E-state index < -0.39 is 5.60 Å². The number of piperidine rings is 1. The highest BCUT2D eigenvalue weighted by Crippen LogP contribution is 2.28. The molecular weight excluding hydrogens is 489 g/mol. The highest BCUT2D eigenvalue weighted by Gasteiger charge is 2.30. The summed E-state index contributed by atoms with van der Waals surface area (Å²) in [6.45, 7) is 11.8. The normalized spacial score (nSPS) is 15.9. The molecule has 3 rings (SSSR count). The van der Waals surface area contributed by atoms with Crippen molar-refractivity contribution in [3.63, 3.8) is 0 Å². The first-order chi connectivity index (χ1) is 16.5. The van der Waals surface area contributed by atoms with Crippen molar-refractivity contribution in [1.29, 1.82) is 0 Å². The van der Waals surface area contributed by atoms with Gasteiger partial charge in [0.2, 0.25) is 0 Å². The van der Waals surface area contributed by atoms with Gasteiger partial charge in [0.25, 0.3) is 0 Å². The maximum absolute atomic E-state index is 13.6. The molecule has 0 atom stereocenters. The summed E-state index contributed by atoms with van der Waals surface area (Å²) in [4.78, 5) is 31.5. The van der Waals surface area contributed by atoms with Gasteiger partial charge in [0.05, 0.1) is 11.7 Å². The van der Waals surface area contributed by atoms with Gasteiger partial charge < -0.3 is 9.64 Å². The molecule has 0 aliphatic carbocycles. The second-order valence-corrected chi connectivity index (χ2v) is 10.2. The Kier molecular flexibility index (Phi) is 8.61. The Labute approximate surface area is 215 Å². The average molecular weight is 520 g/mol. The molecule has 8 nitrogen and oxygen atoms in total. The number of carbonyl (C=O) groups excluding carboxylic acids is 1. The van der Waals surface area contributed by atoms with E-state index in [1.54, 1.807) is 33.7 Å². The van der Waals surface area contributed by atoms with E-state index in [4.69, 9.17) is 33.0 Å². The molecule has 35 heavy (non-hydrogen) atoms. The number of hydrogen-bond acceptors (Lipinski definition) is 5. The van der Waals surface area contributed by atoms with Crippen LogP contribution in [0.15, 0.2) is 51.4 Å². The van der Waals surface area contributed by atoms with Gasteiger partial charge in [0.1, 0.15) is 5.60 Å². The van der Waals surface area contributed by atoms with Crippen molar-refractivity contribution in [1.82, 2.24) is 19.2 Å². The highest BCUT2D eigenvalue weighted by atomic mass is 35.5. The molecule has 0 spiro atoms. The molecule has 188 valence electrons. The van der Waals surface area contributed by atoms with Crippen molar-refractivity contribution in [3.8, 4) is 5.69 Å². The maximum atomic E-state index is 13.6. The molecule has 0 saturated carbocycles. The second kappa shape index (κ2) is 11.3. The Morgan fingerprint density at radius 2 is 1.89 bits per heavy atom. The van der Waals surface area contributed by atoms with Crippen LogP contribution in [0.4, 0.5) is 4.79 Å². The van der Waals surface area contributed by atoms with Gasteiger partial charge in [-0.05, 0) is 77.1 Å². The minimum Gasteiger partial charge on any atom is -0.444 e. The van der Waals surface area contributed by atoms with E-state index in [0.717, 1.165) is 5.57 Å². The van der Waals surface area contributed by atoms with Crippen LogP contribution in [0.3, 0.4) is 0 Å². The second-order valence-electron chi connectivity index (χ2n) is 9.31. The molecule has 0 bridgehead atoms. The summed E-state index contributed by atoms with van der Waals surface area (Å²) in [5, 5.41) is 5.79. The van der Waals surface area contributed by atoms with Gasteiger partial charge in [0.15, 0.2) is 5.82 Å². The average Bonchev–Trinajstić information content (AvgIpc) is 3.14. The third kappa shape index (κ3) is 6.64. The van der Waals surface area contributed by atoms with E-state index >= 15 is 0 Å². The summed E-state index contributed by atoms with van der Waals surface area (Å²) < 4.78 is 8.57. The van der Waals surface area contributed by atoms with Crippen molar-refractivity contribution in [2.75, 3.05) is 13.1 Å². The minimum atomic E-state index is -0.559. The molecule has 1 aliphatic heterocycles. The molecule has 0 radical (unpaired) electrons. The standard InChI is InChI=1S/C25H31Cl2N5O3/c1-6-17(15-19(27)16-28-5)22-29-32(23(33)31(22)20-9-7-18(26)8-10-20)21-11-13-30(14-12-21)24(34)35-25(2,3)4/h6-10,16,21H,5,11-15H2,1-4H3/b17-6+,19-16+. The van der Waals surface area contributed by atoms with Gasteiger partial charge in [-0.3, -0.25) is 4.99 Å². The fourth-order valence-corrected chi connectivity index (χ4v) is 4.25.